The van der Waals surface area contributed by atoms with Crippen LogP contribution in [0.25, 0.3) is 0 Å². The van der Waals surface area contributed by atoms with Crippen LogP contribution in [0.3, 0.4) is 0 Å². The molecule has 0 aromatic carbocycles. The van der Waals surface area contributed by atoms with Crippen LogP contribution >= 0.6 is 0 Å². The average molecular weight is 201 g/mol. The first-order chi connectivity index (χ1) is 3.66. The molecule has 0 unspecified atom stereocenters. The van der Waals surface area contributed by atoms with Gasteiger partial charge in [0.1, 0.15) is 0 Å². The molecule has 5 nitrogen and oxygen atoms in total. The summed E-state index contributed by atoms with van der Waals surface area (Å²) in [5.74, 6) is 0. The van der Waals surface area contributed by atoms with E-state index in [4.69, 9.17) is 0 Å². The molecule has 8 heavy (non-hydrogen) atoms. The van der Waals surface area contributed by atoms with Gasteiger partial charge in [-0.2, -0.15) is 0 Å². The zero-order chi connectivity index (χ0) is 6.57. The van der Waals surface area contributed by atoms with Crippen LogP contribution in [-0.4, -0.2) is 30.7 Å². The Morgan fingerprint density at radius 1 is 1.62 bits per heavy atom. The second kappa shape index (κ2) is 3.59. The van der Waals surface area contributed by atoms with Crippen LogP contribution in [0.1, 0.15) is 0 Å². The van der Waals surface area contributed by atoms with Gasteiger partial charge in [0.2, 0.25) is 0 Å². The fourth-order valence-corrected chi connectivity index (χ4v) is 0.521. The monoisotopic (exact) mass is 202 g/mol. The Kier molecular flexibility index (Phi) is 3.42. The van der Waals surface area contributed by atoms with Crippen LogP contribution in [0.15, 0.2) is 4.36 Å². The van der Waals surface area contributed by atoms with E-state index in [0.29, 0.717) is 0 Å². The molecule has 7 heteroatoms. The Morgan fingerprint density at radius 2 is 2.12 bits per heavy atom. The van der Waals surface area contributed by atoms with Gasteiger partial charge in [-0.1, -0.05) is 0 Å². The average Bonchev–Trinajstić information content (AvgIpc) is 1.65. The molecule has 0 rings (SSSR count). The quantitative estimate of drug-likeness (QED) is 0.488. The van der Waals surface area contributed by atoms with E-state index in [-0.39, 0.29) is 0 Å². The molecular weight excluding hydrogens is 199 g/mol. The van der Waals surface area contributed by atoms with Crippen molar-refractivity contribution in [2.24, 2.45) is 4.36 Å². The topological polar surface area (TPSA) is 75.6 Å². The van der Waals surface area contributed by atoms with Crippen molar-refractivity contribution >= 4 is 32.8 Å². The van der Waals surface area contributed by atoms with Gasteiger partial charge in [-0.15, -0.1) is 0 Å². The Balaban J connectivity index is 4.12. The summed E-state index contributed by atoms with van der Waals surface area (Å²) in [5, 5.41) is 0. The summed E-state index contributed by atoms with van der Waals surface area (Å²) >= 11 is 1.69. The molecule has 0 radical (unpaired) electrons. The number of carbonyl (C=O) groups excluding carboxylic acids is 1. The van der Waals surface area contributed by atoms with Crippen LogP contribution in [-0.2, 0) is 10.5 Å². The van der Waals surface area contributed by atoms with E-state index in [2.05, 4.69) is 4.36 Å². The van der Waals surface area contributed by atoms with Crippen LogP contribution in [0.5, 0.6) is 0 Å². The molecule has 0 heterocycles. The van der Waals surface area contributed by atoms with Crippen molar-refractivity contribution in [3.8, 4) is 0 Å². The summed E-state index contributed by atoms with van der Waals surface area (Å²) in [7, 11) is -2.64. The molecule has 0 aromatic rings. The van der Waals surface area contributed by atoms with Gasteiger partial charge in [-0.05, 0) is 0 Å². The number of hydrogen-bond donors (Lipinski definition) is 1. The fraction of sp³-hybridized carbons (Fsp3) is 0. The number of nitrogens with one attached hydrogen (secondary N) is 1. The molecule has 0 aliphatic heterocycles. The summed E-state index contributed by atoms with van der Waals surface area (Å²) in [5.41, 5.74) is 0. The van der Waals surface area contributed by atoms with E-state index in [9.17, 15) is 13.2 Å². The fourth-order valence-electron chi connectivity index (χ4n) is 0.0881. The van der Waals surface area contributed by atoms with Crippen molar-refractivity contribution in [3.05, 3.63) is 0 Å². The molecule has 2 amide bonds. The minimum absolute atomic E-state index is 0.890. The van der Waals surface area contributed by atoms with Crippen LogP contribution in [0.2, 0.25) is 0 Å². The molecule has 1 N–H and O–H groups in total. The Labute approximate surface area is 55.2 Å². The third kappa shape index (κ3) is 3.79. The Morgan fingerprint density at radius 3 is 2.25 bits per heavy atom. The molecule has 0 bridgehead atoms. The van der Waals surface area contributed by atoms with Crippen molar-refractivity contribution in [2.75, 3.05) is 0 Å². The van der Waals surface area contributed by atoms with Gasteiger partial charge in [0, 0.05) is 0 Å². The summed E-state index contributed by atoms with van der Waals surface area (Å²) in [6.45, 7) is 0. The summed E-state index contributed by atoms with van der Waals surface area (Å²) in [6, 6.07) is -0.890. The van der Waals surface area contributed by atoms with E-state index < -0.39 is 16.5 Å². The predicted octanol–water partition coefficient (Wildman–Crippen LogP) is -1.43. The van der Waals surface area contributed by atoms with E-state index in [1.807, 2.05) is 4.33 Å². The van der Waals surface area contributed by atoms with Crippen molar-refractivity contribution in [1.82, 2.24) is 4.33 Å². The van der Waals surface area contributed by atoms with Crippen LogP contribution in [0, 0.1) is 0 Å². The molecule has 0 aliphatic rings. The van der Waals surface area contributed by atoms with Gasteiger partial charge < -0.3 is 0 Å². The number of nitrogens with zero attached hydrogens (tertiary/aromatic N) is 1. The maximum atomic E-state index is 9.94. The number of hydrogen-bond acceptors (Lipinski definition) is 3. The van der Waals surface area contributed by atoms with Crippen molar-refractivity contribution < 1.29 is 13.2 Å². The molecule has 0 aromatic heterocycles. The first-order valence-electron chi connectivity index (χ1n) is 1.42. The SMILES string of the molecule is O=C(N=S(=O)=O)N[SeH]. The van der Waals surface area contributed by atoms with Crippen molar-refractivity contribution in [1.29, 1.82) is 0 Å². The van der Waals surface area contributed by atoms with E-state index in [0.717, 1.165) is 0 Å². The second-order valence-corrected chi connectivity index (χ2v) is 1.81. The van der Waals surface area contributed by atoms with Crippen LogP contribution < -0.4 is 4.33 Å². The summed E-state index contributed by atoms with van der Waals surface area (Å²) < 4.78 is 23.6. The van der Waals surface area contributed by atoms with E-state index >= 15 is 0 Å². The first kappa shape index (κ1) is 7.61. The Bertz CT molecular complexity index is 197. The molecule has 0 atom stereocenters. The molecule has 0 saturated carbocycles. The van der Waals surface area contributed by atoms with Gasteiger partial charge >= 0.3 is 54.7 Å². The number of urea groups is 1. The second-order valence-electron chi connectivity index (χ2n) is 0.725. The number of amides is 2. The third-order valence-electron chi connectivity index (χ3n) is 0.253. The predicted molar refractivity (Wildman–Crippen MR) is 27.0 cm³/mol. The van der Waals surface area contributed by atoms with Gasteiger partial charge in [-0.25, -0.2) is 0 Å². The zero-order valence-corrected chi connectivity index (χ0v) is 6.22. The third-order valence-corrected chi connectivity index (χ3v) is 0.969. The normalized spacial score (nSPS) is 7.62. The standard InChI is InChI=1S/CH2N2O3SSe/c4-1(3-8)2-7(5)6/h8H,(H,3,4). The van der Waals surface area contributed by atoms with Gasteiger partial charge in [0.15, 0.2) is 0 Å². The van der Waals surface area contributed by atoms with Crippen molar-refractivity contribution in [2.45, 2.75) is 0 Å². The molecular formula is CH2N2O3SSe. The maximum absolute atomic E-state index is 9.94. The number of rotatable bonds is 0. The van der Waals surface area contributed by atoms with Gasteiger partial charge in [0.25, 0.3) is 0 Å². The van der Waals surface area contributed by atoms with Crippen molar-refractivity contribution in [3.63, 3.8) is 0 Å². The molecule has 46 valence electrons. The summed E-state index contributed by atoms with van der Waals surface area (Å²) in [4.78, 5) is 9.94. The first-order valence-corrected chi connectivity index (χ1v) is 3.39. The zero-order valence-electron chi connectivity index (χ0n) is 3.53. The van der Waals surface area contributed by atoms with Crippen LogP contribution in [0.4, 0.5) is 4.79 Å². The Hall–Kier alpha value is -0.391. The molecule has 0 spiro atoms. The van der Waals surface area contributed by atoms with E-state index in [1.54, 1.807) is 16.2 Å². The van der Waals surface area contributed by atoms with E-state index in [1.165, 1.54) is 0 Å². The number of carbonyl (C=O) groups is 1. The minimum atomic E-state index is -2.64. The molecule has 0 fully saturated rings. The van der Waals surface area contributed by atoms with Gasteiger partial charge in [-0.3, -0.25) is 0 Å². The molecule has 0 saturated heterocycles. The molecule has 0 aliphatic carbocycles. The summed E-state index contributed by atoms with van der Waals surface area (Å²) in [6.07, 6.45) is 0. The van der Waals surface area contributed by atoms with Gasteiger partial charge in [0.05, 0.1) is 0 Å².